The second-order valence-corrected chi connectivity index (χ2v) is 7.77. The molecule has 6 nitrogen and oxygen atoms in total. The molecule has 1 aliphatic rings. The Hall–Kier alpha value is -0.210. The van der Waals surface area contributed by atoms with Crippen molar-refractivity contribution in [2.24, 2.45) is 5.92 Å². The van der Waals surface area contributed by atoms with Crippen molar-refractivity contribution in [1.29, 1.82) is 0 Å². The summed E-state index contributed by atoms with van der Waals surface area (Å²) in [5, 5.41) is 3.30. The van der Waals surface area contributed by atoms with Crippen molar-refractivity contribution >= 4 is 10.2 Å². The number of nitrogens with zero attached hydrogens (tertiary/aromatic N) is 1. The maximum Gasteiger partial charge on any atom is 0.280 e. The maximum absolute atomic E-state index is 12.4. The predicted octanol–water partition coefficient (Wildman–Crippen LogP) is 0.567. The quantitative estimate of drug-likeness (QED) is 0.688. The van der Waals surface area contributed by atoms with E-state index in [1.54, 1.807) is 11.4 Å². The maximum atomic E-state index is 12.4. The molecule has 1 atom stereocenters. The minimum absolute atomic E-state index is 0.348. The molecule has 1 unspecified atom stereocenters. The van der Waals surface area contributed by atoms with E-state index in [1.807, 2.05) is 13.8 Å². The van der Waals surface area contributed by atoms with E-state index in [4.69, 9.17) is 4.74 Å². The van der Waals surface area contributed by atoms with E-state index in [0.717, 1.165) is 25.9 Å². The van der Waals surface area contributed by atoms with Crippen LogP contribution in [0.5, 0.6) is 0 Å². The molecule has 1 aliphatic heterocycles. The van der Waals surface area contributed by atoms with Crippen LogP contribution in [0.25, 0.3) is 0 Å². The molecule has 0 bridgehead atoms. The number of hydrogen-bond donors (Lipinski definition) is 2. The van der Waals surface area contributed by atoms with Gasteiger partial charge in [0.15, 0.2) is 0 Å². The summed E-state index contributed by atoms with van der Waals surface area (Å²) in [6, 6.07) is 0. The lowest BCUT2D eigenvalue weighted by molar-refractivity contribution is 0.139. The lowest BCUT2D eigenvalue weighted by Crippen LogP contribution is -2.54. The number of ether oxygens (including phenoxy) is 1. The van der Waals surface area contributed by atoms with E-state index in [1.165, 1.54) is 0 Å². The lowest BCUT2D eigenvalue weighted by Gasteiger charge is -2.35. The Kier molecular flexibility index (Phi) is 6.87. The fraction of sp³-hybridized carbons (Fsp3) is 1.00. The Morgan fingerprint density at radius 1 is 1.40 bits per heavy atom. The standard InChI is InChI=1S/C13H29N3O3S/c1-5-14-9-12-7-6-8-16(10-12)20(17,18)15-13(2,3)11-19-4/h12,14-15H,5-11H2,1-4H3. The number of rotatable bonds is 8. The molecule has 7 heteroatoms. The fourth-order valence-electron chi connectivity index (χ4n) is 2.56. The molecule has 1 heterocycles. The molecular weight excluding hydrogens is 278 g/mol. The van der Waals surface area contributed by atoms with Gasteiger partial charge in [-0.3, -0.25) is 0 Å². The first kappa shape index (κ1) is 17.8. The summed E-state index contributed by atoms with van der Waals surface area (Å²) in [6.45, 7) is 9.05. The third kappa shape index (κ3) is 5.65. The minimum atomic E-state index is -3.45. The van der Waals surface area contributed by atoms with Crippen LogP contribution in [0.4, 0.5) is 0 Å². The SMILES string of the molecule is CCNCC1CCCN(S(=O)(=O)NC(C)(C)COC)C1. The van der Waals surface area contributed by atoms with Crippen molar-refractivity contribution in [2.75, 3.05) is 39.9 Å². The molecule has 0 aromatic carbocycles. The topological polar surface area (TPSA) is 70.7 Å². The second kappa shape index (κ2) is 7.70. The molecule has 0 aliphatic carbocycles. The molecule has 0 aromatic heterocycles. The minimum Gasteiger partial charge on any atom is -0.383 e. The van der Waals surface area contributed by atoms with Crippen LogP contribution in [-0.4, -0.2) is 58.2 Å². The Morgan fingerprint density at radius 2 is 2.10 bits per heavy atom. The van der Waals surface area contributed by atoms with Crippen LogP contribution in [-0.2, 0) is 14.9 Å². The van der Waals surface area contributed by atoms with Crippen LogP contribution in [0.3, 0.4) is 0 Å². The second-order valence-electron chi connectivity index (χ2n) is 6.10. The average molecular weight is 307 g/mol. The van der Waals surface area contributed by atoms with Gasteiger partial charge in [0, 0.05) is 20.2 Å². The third-order valence-electron chi connectivity index (χ3n) is 3.42. The summed E-state index contributed by atoms with van der Waals surface area (Å²) in [7, 11) is -1.87. The first-order chi connectivity index (χ1) is 9.30. The van der Waals surface area contributed by atoms with Gasteiger partial charge in [-0.2, -0.15) is 17.4 Å². The third-order valence-corrected chi connectivity index (χ3v) is 5.24. The number of piperidine rings is 1. The van der Waals surface area contributed by atoms with Crippen LogP contribution in [0.15, 0.2) is 0 Å². The fourth-order valence-corrected chi connectivity index (χ4v) is 4.23. The summed E-state index contributed by atoms with van der Waals surface area (Å²) in [6.07, 6.45) is 2.00. The average Bonchev–Trinajstić information content (AvgIpc) is 2.35. The zero-order chi connectivity index (χ0) is 15.2. The van der Waals surface area contributed by atoms with E-state index in [2.05, 4.69) is 17.0 Å². The van der Waals surface area contributed by atoms with E-state index in [-0.39, 0.29) is 0 Å². The first-order valence-electron chi connectivity index (χ1n) is 7.29. The highest BCUT2D eigenvalue weighted by Crippen LogP contribution is 2.19. The largest absolute Gasteiger partial charge is 0.383 e. The van der Waals surface area contributed by atoms with Crippen molar-refractivity contribution in [3.8, 4) is 0 Å². The molecule has 1 fully saturated rings. The molecule has 0 amide bonds. The van der Waals surface area contributed by atoms with Gasteiger partial charge in [0.25, 0.3) is 10.2 Å². The van der Waals surface area contributed by atoms with E-state index in [0.29, 0.717) is 25.6 Å². The van der Waals surface area contributed by atoms with Gasteiger partial charge in [-0.1, -0.05) is 6.92 Å². The van der Waals surface area contributed by atoms with Crippen molar-refractivity contribution < 1.29 is 13.2 Å². The normalized spacial score (nSPS) is 22.1. The van der Waals surface area contributed by atoms with Gasteiger partial charge in [-0.05, 0) is 45.7 Å². The van der Waals surface area contributed by atoms with Gasteiger partial charge in [-0.25, -0.2) is 0 Å². The Labute approximate surface area is 123 Å². The zero-order valence-electron chi connectivity index (χ0n) is 13.1. The van der Waals surface area contributed by atoms with Gasteiger partial charge < -0.3 is 10.1 Å². The van der Waals surface area contributed by atoms with Gasteiger partial charge in [0.2, 0.25) is 0 Å². The number of methoxy groups -OCH3 is 1. The summed E-state index contributed by atoms with van der Waals surface area (Å²) in [5.41, 5.74) is -0.595. The number of nitrogens with one attached hydrogen (secondary N) is 2. The first-order valence-corrected chi connectivity index (χ1v) is 8.73. The zero-order valence-corrected chi connectivity index (χ0v) is 13.9. The Bertz CT molecular complexity index is 384. The van der Waals surface area contributed by atoms with Crippen molar-refractivity contribution in [3.05, 3.63) is 0 Å². The highest BCUT2D eigenvalue weighted by molar-refractivity contribution is 7.87. The highest BCUT2D eigenvalue weighted by atomic mass is 32.2. The van der Waals surface area contributed by atoms with Gasteiger partial charge >= 0.3 is 0 Å². The molecule has 0 saturated carbocycles. The molecule has 0 aromatic rings. The molecule has 1 rings (SSSR count). The molecular formula is C13H29N3O3S. The van der Waals surface area contributed by atoms with Crippen LogP contribution < -0.4 is 10.0 Å². The number of hydrogen-bond acceptors (Lipinski definition) is 4. The van der Waals surface area contributed by atoms with Crippen molar-refractivity contribution in [1.82, 2.24) is 14.3 Å². The van der Waals surface area contributed by atoms with E-state index >= 15 is 0 Å². The summed E-state index contributed by atoms with van der Waals surface area (Å²) >= 11 is 0. The van der Waals surface area contributed by atoms with Crippen LogP contribution in [0.2, 0.25) is 0 Å². The van der Waals surface area contributed by atoms with Crippen LogP contribution >= 0.6 is 0 Å². The van der Waals surface area contributed by atoms with Crippen molar-refractivity contribution in [3.63, 3.8) is 0 Å². The Morgan fingerprint density at radius 3 is 2.70 bits per heavy atom. The molecule has 2 N–H and O–H groups in total. The summed E-state index contributed by atoms with van der Waals surface area (Å²) < 4.78 is 34.2. The van der Waals surface area contributed by atoms with E-state index < -0.39 is 15.7 Å². The van der Waals surface area contributed by atoms with Gasteiger partial charge in [-0.15, -0.1) is 0 Å². The molecule has 120 valence electrons. The Balaban J connectivity index is 2.62. The molecule has 20 heavy (non-hydrogen) atoms. The monoisotopic (exact) mass is 307 g/mol. The van der Waals surface area contributed by atoms with Gasteiger partial charge in [0.1, 0.15) is 0 Å². The molecule has 1 saturated heterocycles. The van der Waals surface area contributed by atoms with E-state index in [9.17, 15) is 8.42 Å². The smallest absolute Gasteiger partial charge is 0.280 e. The van der Waals surface area contributed by atoms with Crippen LogP contribution in [0, 0.1) is 5.92 Å². The molecule has 0 spiro atoms. The summed E-state index contributed by atoms with van der Waals surface area (Å²) in [5.74, 6) is 0.394. The predicted molar refractivity (Wildman–Crippen MR) is 80.9 cm³/mol. The lowest BCUT2D eigenvalue weighted by atomic mass is 10.00. The van der Waals surface area contributed by atoms with Gasteiger partial charge in [0.05, 0.1) is 12.1 Å². The highest BCUT2D eigenvalue weighted by Gasteiger charge is 2.33. The van der Waals surface area contributed by atoms with Crippen molar-refractivity contribution in [2.45, 2.75) is 39.2 Å². The van der Waals surface area contributed by atoms with Crippen LogP contribution in [0.1, 0.15) is 33.6 Å². The molecule has 0 radical (unpaired) electrons. The summed E-state index contributed by atoms with van der Waals surface area (Å²) in [4.78, 5) is 0.